The second kappa shape index (κ2) is 10.1. The van der Waals surface area contributed by atoms with Gasteiger partial charge in [0.2, 0.25) is 0 Å². The quantitative estimate of drug-likeness (QED) is 0.558. The standard InChI is InChI=1S/C20H34O5/c1-14-7-5-8-16(13-21)9-6-10-25-18(23)12-17(22)20(3,4)19(24)15(2)11-14/h9,14-15,17,21-22H,5-8,10-13H2,1-4H3/b16-9+/t14-,15?,17-/m0/s1. The maximum atomic E-state index is 12.8. The number of rotatable bonds is 1. The van der Waals surface area contributed by atoms with Gasteiger partial charge in [0.1, 0.15) is 5.78 Å². The van der Waals surface area contributed by atoms with E-state index >= 15 is 0 Å². The molecule has 5 heteroatoms. The lowest BCUT2D eigenvalue weighted by Gasteiger charge is -2.32. The first-order chi connectivity index (χ1) is 11.7. The molecule has 0 aromatic carbocycles. The maximum absolute atomic E-state index is 12.8. The van der Waals surface area contributed by atoms with Gasteiger partial charge < -0.3 is 14.9 Å². The van der Waals surface area contributed by atoms with Gasteiger partial charge in [-0.05, 0) is 37.2 Å². The Morgan fingerprint density at radius 1 is 1.28 bits per heavy atom. The van der Waals surface area contributed by atoms with Crippen LogP contribution in [0.2, 0.25) is 0 Å². The predicted octanol–water partition coefficient (Wildman–Crippen LogP) is 3.03. The summed E-state index contributed by atoms with van der Waals surface area (Å²) in [5.74, 6) is -0.288. The van der Waals surface area contributed by atoms with Crippen molar-refractivity contribution in [2.75, 3.05) is 13.2 Å². The Morgan fingerprint density at radius 3 is 2.60 bits per heavy atom. The van der Waals surface area contributed by atoms with Crippen LogP contribution in [-0.2, 0) is 14.3 Å². The topological polar surface area (TPSA) is 83.8 Å². The van der Waals surface area contributed by atoms with E-state index in [0.717, 1.165) is 31.3 Å². The molecule has 144 valence electrons. The first kappa shape index (κ1) is 21.8. The van der Waals surface area contributed by atoms with Gasteiger partial charge in [0, 0.05) is 5.92 Å². The molecule has 25 heavy (non-hydrogen) atoms. The van der Waals surface area contributed by atoms with Crippen LogP contribution in [0.15, 0.2) is 11.6 Å². The van der Waals surface area contributed by atoms with E-state index in [1.165, 1.54) is 0 Å². The fraction of sp³-hybridized carbons (Fsp3) is 0.800. The van der Waals surface area contributed by atoms with Crippen LogP contribution in [-0.4, -0.2) is 41.3 Å². The number of ketones is 1. The van der Waals surface area contributed by atoms with Gasteiger partial charge in [0.15, 0.2) is 0 Å². The van der Waals surface area contributed by atoms with Gasteiger partial charge in [-0.2, -0.15) is 0 Å². The summed E-state index contributed by atoms with van der Waals surface area (Å²) in [7, 11) is 0. The third-order valence-corrected chi connectivity index (χ3v) is 5.24. The number of aliphatic hydroxyl groups excluding tert-OH is 2. The third kappa shape index (κ3) is 6.90. The maximum Gasteiger partial charge on any atom is 0.308 e. The fourth-order valence-corrected chi connectivity index (χ4v) is 3.46. The Morgan fingerprint density at radius 2 is 1.96 bits per heavy atom. The summed E-state index contributed by atoms with van der Waals surface area (Å²) in [6, 6.07) is 0. The summed E-state index contributed by atoms with van der Waals surface area (Å²) < 4.78 is 5.14. The van der Waals surface area contributed by atoms with Crippen LogP contribution in [0.5, 0.6) is 0 Å². The molecule has 0 bridgehead atoms. The molecule has 0 fully saturated rings. The Bertz CT molecular complexity index is 480. The number of aliphatic hydroxyl groups is 2. The number of hydrogen-bond acceptors (Lipinski definition) is 5. The lowest BCUT2D eigenvalue weighted by atomic mass is 9.74. The smallest absolute Gasteiger partial charge is 0.308 e. The average Bonchev–Trinajstić information content (AvgIpc) is 2.55. The zero-order chi connectivity index (χ0) is 19.0. The fourth-order valence-electron chi connectivity index (χ4n) is 3.46. The highest BCUT2D eigenvalue weighted by Gasteiger charge is 2.39. The number of carbonyl (C=O) groups excluding carboxylic acids is 2. The molecule has 1 heterocycles. The van der Waals surface area contributed by atoms with Crippen LogP contribution in [0.25, 0.3) is 0 Å². The van der Waals surface area contributed by atoms with Crippen LogP contribution in [0.3, 0.4) is 0 Å². The molecule has 0 aromatic heterocycles. The van der Waals surface area contributed by atoms with E-state index in [4.69, 9.17) is 4.74 Å². The molecule has 0 saturated heterocycles. The molecule has 0 spiro atoms. The number of esters is 1. The minimum absolute atomic E-state index is 0.0114. The molecule has 1 aliphatic rings. The van der Waals surface area contributed by atoms with E-state index in [1.807, 2.05) is 13.0 Å². The molecular weight excluding hydrogens is 320 g/mol. The minimum Gasteiger partial charge on any atom is -0.465 e. The highest BCUT2D eigenvalue weighted by Crippen LogP contribution is 2.31. The van der Waals surface area contributed by atoms with Crippen molar-refractivity contribution < 1.29 is 24.5 Å². The van der Waals surface area contributed by atoms with Gasteiger partial charge in [-0.25, -0.2) is 0 Å². The van der Waals surface area contributed by atoms with E-state index in [9.17, 15) is 19.8 Å². The van der Waals surface area contributed by atoms with Gasteiger partial charge in [-0.1, -0.05) is 40.2 Å². The second-order valence-electron chi connectivity index (χ2n) is 7.97. The van der Waals surface area contributed by atoms with E-state index in [-0.39, 0.29) is 31.3 Å². The number of hydrogen-bond donors (Lipinski definition) is 2. The van der Waals surface area contributed by atoms with Crippen molar-refractivity contribution >= 4 is 11.8 Å². The molecule has 0 aromatic rings. The average molecular weight is 354 g/mol. The summed E-state index contributed by atoms with van der Waals surface area (Å²) in [5.41, 5.74) is -0.0141. The number of Topliss-reactive ketones (excluding diaryl/α,β-unsaturated/α-hetero) is 1. The normalized spacial score (nSPS) is 32.6. The molecule has 1 unspecified atom stereocenters. The van der Waals surface area contributed by atoms with Gasteiger partial charge in [-0.3, -0.25) is 9.59 Å². The van der Waals surface area contributed by atoms with Crippen molar-refractivity contribution in [2.45, 2.75) is 72.3 Å². The van der Waals surface area contributed by atoms with Crippen molar-refractivity contribution in [3.8, 4) is 0 Å². The van der Waals surface area contributed by atoms with Crippen molar-refractivity contribution in [3.63, 3.8) is 0 Å². The first-order valence-corrected chi connectivity index (χ1v) is 9.35. The van der Waals surface area contributed by atoms with E-state index in [0.29, 0.717) is 12.3 Å². The van der Waals surface area contributed by atoms with E-state index in [1.54, 1.807) is 13.8 Å². The van der Waals surface area contributed by atoms with E-state index in [2.05, 4.69) is 6.92 Å². The summed E-state index contributed by atoms with van der Waals surface area (Å²) in [6.45, 7) is 7.67. The van der Waals surface area contributed by atoms with E-state index < -0.39 is 17.5 Å². The highest BCUT2D eigenvalue weighted by atomic mass is 16.5. The van der Waals surface area contributed by atoms with Gasteiger partial charge in [-0.15, -0.1) is 0 Å². The Kier molecular flexibility index (Phi) is 8.80. The third-order valence-electron chi connectivity index (χ3n) is 5.24. The van der Waals surface area contributed by atoms with Crippen molar-refractivity contribution in [2.24, 2.45) is 17.3 Å². The molecular formula is C20H34O5. The largest absolute Gasteiger partial charge is 0.465 e. The van der Waals surface area contributed by atoms with Crippen molar-refractivity contribution in [1.29, 1.82) is 0 Å². The Hall–Kier alpha value is -1.20. The Balaban J connectivity index is 2.88. The summed E-state index contributed by atoms with van der Waals surface area (Å²) in [4.78, 5) is 24.7. The van der Waals surface area contributed by atoms with Crippen LogP contribution < -0.4 is 0 Å². The van der Waals surface area contributed by atoms with Crippen LogP contribution in [0.1, 0.15) is 66.2 Å². The van der Waals surface area contributed by atoms with Gasteiger partial charge in [0.05, 0.1) is 31.2 Å². The zero-order valence-electron chi connectivity index (χ0n) is 16.1. The highest BCUT2D eigenvalue weighted by molar-refractivity contribution is 5.87. The molecule has 0 aliphatic carbocycles. The molecule has 1 aliphatic heterocycles. The lowest BCUT2D eigenvalue weighted by Crippen LogP contribution is -2.42. The zero-order valence-corrected chi connectivity index (χ0v) is 16.1. The van der Waals surface area contributed by atoms with Crippen molar-refractivity contribution in [3.05, 3.63) is 11.6 Å². The molecule has 0 radical (unpaired) electrons. The van der Waals surface area contributed by atoms with Crippen LogP contribution in [0.4, 0.5) is 0 Å². The second-order valence-corrected chi connectivity index (χ2v) is 7.97. The van der Waals surface area contributed by atoms with Gasteiger partial charge >= 0.3 is 5.97 Å². The SMILES string of the molecule is CC1C[C@@H](C)CCC/C(CO)=C\CCOC(=O)C[C@H](O)C(C)(C)C1=O. The number of carbonyl (C=O) groups is 2. The van der Waals surface area contributed by atoms with Gasteiger partial charge in [0.25, 0.3) is 0 Å². The molecule has 1 rings (SSSR count). The molecule has 3 atom stereocenters. The molecule has 2 N–H and O–H groups in total. The number of cyclic esters (lactones) is 1. The monoisotopic (exact) mass is 354 g/mol. The summed E-state index contributed by atoms with van der Waals surface area (Å²) >= 11 is 0. The molecule has 0 saturated carbocycles. The summed E-state index contributed by atoms with van der Waals surface area (Å²) in [5, 5.41) is 19.8. The Labute approximate surface area is 151 Å². The lowest BCUT2D eigenvalue weighted by molar-refractivity contribution is -0.150. The molecule has 0 amide bonds. The van der Waals surface area contributed by atoms with Crippen LogP contribution in [0, 0.1) is 17.3 Å². The molecule has 5 nitrogen and oxygen atoms in total. The summed E-state index contributed by atoms with van der Waals surface area (Å²) in [6.07, 6.45) is 4.77. The number of ether oxygens (including phenoxy) is 1. The minimum atomic E-state index is -1.05. The van der Waals surface area contributed by atoms with Crippen molar-refractivity contribution in [1.82, 2.24) is 0 Å². The predicted molar refractivity (Wildman–Crippen MR) is 97.0 cm³/mol. The van der Waals surface area contributed by atoms with Crippen LogP contribution >= 0.6 is 0 Å². The first-order valence-electron chi connectivity index (χ1n) is 9.35.